The number of nitrogens with zero attached hydrogens (tertiary/aromatic N) is 3. The van der Waals surface area contributed by atoms with Crippen LogP contribution in [0.1, 0.15) is 36.7 Å². The molecule has 1 heterocycles. The summed E-state index contributed by atoms with van der Waals surface area (Å²) in [5, 5.41) is 15.3. The molecule has 0 saturated carbocycles. The summed E-state index contributed by atoms with van der Waals surface area (Å²) in [6.45, 7) is 7.74. The molecule has 0 aromatic heterocycles. The molecule has 7 heteroatoms. The molecule has 31 heavy (non-hydrogen) atoms. The summed E-state index contributed by atoms with van der Waals surface area (Å²) in [4.78, 5) is 31.8. The van der Waals surface area contributed by atoms with Crippen LogP contribution in [-0.4, -0.2) is 42.4 Å². The molecule has 1 N–H and O–H groups in total. The molecule has 1 amide bonds. The van der Waals surface area contributed by atoms with Gasteiger partial charge < -0.3 is 20.1 Å². The minimum Gasteiger partial charge on any atom is -0.540 e. The quantitative estimate of drug-likeness (QED) is 0.770. The van der Waals surface area contributed by atoms with Crippen LogP contribution in [0, 0.1) is 6.92 Å². The maximum absolute atomic E-state index is 12.9. The van der Waals surface area contributed by atoms with E-state index in [0.717, 1.165) is 5.56 Å². The summed E-state index contributed by atoms with van der Waals surface area (Å²) < 4.78 is -0.202. The molecule has 162 valence electrons. The van der Waals surface area contributed by atoms with Crippen LogP contribution in [0.15, 0.2) is 71.1 Å². The van der Waals surface area contributed by atoms with Crippen molar-refractivity contribution >= 4 is 23.5 Å². The number of carboxylic acid groups (broad SMARTS) is 1. The number of hydrogen-bond donors (Lipinski definition) is 1. The van der Waals surface area contributed by atoms with E-state index in [4.69, 9.17) is 0 Å². The molecule has 1 aliphatic rings. The Morgan fingerprint density at radius 2 is 1.58 bits per heavy atom. The summed E-state index contributed by atoms with van der Waals surface area (Å²) >= 11 is 0. The fraction of sp³-hybridized carbons (Fsp3) is 0.292. The molecule has 2 aromatic carbocycles. The fourth-order valence-corrected chi connectivity index (χ4v) is 4.01. The molecular weight excluding hydrogens is 392 g/mol. The second kappa shape index (κ2) is 8.00. The van der Waals surface area contributed by atoms with E-state index in [1.165, 1.54) is 0 Å². The smallest absolute Gasteiger partial charge is 0.317 e. The number of aliphatic imine (C=N–C) groups is 1. The standard InChI is InChI=1S/C24H28N4O3/c1-16-12-14-17(15-13-16)21(29)25-20-19(22(30)31)28(24(2,3)4,23(26-20)27(5)6)18-10-8-7-9-11-18/h7-15H,1-6H3,(H-,25,29,30,31). The van der Waals surface area contributed by atoms with Crippen LogP contribution >= 0.6 is 0 Å². The maximum Gasteiger partial charge on any atom is 0.317 e. The number of carboxylic acids is 1. The molecule has 3 rings (SSSR count). The van der Waals surface area contributed by atoms with Crippen molar-refractivity contribution in [2.75, 3.05) is 14.1 Å². The number of carbonyl (C=O) groups is 2. The monoisotopic (exact) mass is 420 g/mol. The van der Waals surface area contributed by atoms with E-state index >= 15 is 0 Å². The van der Waals surface area contributed by atoms with Crippen LogP contribution in [0.3, 0.4) is 0 Å². The zero-order valence-corrected chi connectivity index (χ0v) is 18.8. The van der Waals surface area contributed by atoms with E-state index in [1.807, 2.05) is 70.2 Å². The van der Waals surface area contributed by atoms with Gasteiger partial charge in [-0.15, -0.1) is 0 Å². The van der Waals surface area contributed by atoms with Crippen molar-refractivity contribution in [1.29, 1.82) is 0 Å². The molecule has 1 atom stereocenters. The molecule has 0 aliphatic carbocycles. The lowest BCUT2D eigenvalue weighted by Crippen LogP contribution is -2.68. The molecule has 0 bridgehead atoms. The molecule has 1 unspecified atom stereocenters. The Hall–Kier alpha value is -3.45. The number of carbonyl (C=O) groups excluding carboxylic acids is 2. The largest absolute Gasteiger partial charge is 0.540 e. The van der Waals surface area contributed by atoms with Gasteiger partial charge in [0.05, 0.1) is 0 Å². The van der Waals surface area contributed by atoms with Crippen LogP contribution in [0.25, 0.3) is 0 Å². The second-order valence-corrected chi connectivity index (χ2v) is 8.79. The molecule has 0 saturated heterocycles. The molecule has 0 radical (unpaired) electrons. The van der Waals surface area contributed by atoms with Gasteiger partial charge in [-0.25, -0.2) is 0 Å². The number of amides is 1. The summed E-state index contributed by atoms with van der Waals surface area (Å²) in [6, 6.07) is 16.3. The Labute approximate surface area is 182 Å². The molecule has 0 fully saturated rings. The second-order valence-electron chi connectivity index (χ2n) is 8.79. The number of aryl methyl sites for hydroxylation is 1. The topological polar surface area (TPSA) is 84.8 Å². The normalized spacial score (nSPS) is 18.6. The van der Waals surface area contributed by atoms with Crippen LogP contribution in [-0.2, 0) is 4.79 Å². The van der Waals surface area contributed by atoms with Gasteiger partial charge >= 0.3 is 5.96 Å². The molecule has 0 spiro atoms. The number of benzene rings is 2. The lowest BCUT2D eigenvalue weighted by atomic mass is 9.97. The minimum absolute atomic E-state index is 0.0203. The van der Waals surface area contributed by atoms with Crippen molar-refractivity contribution in [3.63, 3.8) is 0 Å². The highest BCUT2D eigenvalue weighted by Gasteiger charge is 2.57. The predicted octanol–water partition coefficient (Wildman–Crippen LogP) is 2.38. The average Bonchev–Trinajstić information content (AvgIpc) is 3.05. The summed E-state index contributed by atoms with van der Waals surface area (Å²) in [5.74, 6) is -1.37. The Morgan fingerprint density at radius 3 is 2.06 bits per heavy atom. The van der Waals surface area contributed by atoms with Crippen LogP contribution < -0.4 is 14.9 Å². The lowest BCUT2D eigenvalue weighted by Gasteiger charge is -2.47. The van der Waals surface area contributed by atoms with Gasteiger partial charge in [-0.2, -0.15) is 9.48 Å². The van der Waals surface area contributed by atoms with Gasteiger partial charge in [-0.1, -0.05) is 35.9 Å². The Morgan fingerprint density at radius 1 is 1.00 bits per heavy atom. The predicted molar refractivity (Wildman–Crippen MR) is 120 cm³/mol. The van der Waals surface area contributed by atoms with Crippen LogP contribution in [0.2, 0.25) is 0 Å². The first-order valence-corrected chi connectivity index (χ1v) is 10.1. The van der Waals surface area contributed by atoms with Crippen molar-refractivity contribution in [3.8, 4) is 0 Å². The third-order valence-electron chi connectivity index (χ3n) is 5.36. The highest BCUT2D eigenvalue weighted by atomic mass is 16.4. The number of guanidine groups is 1. The van der Waals surface area contributed by atoms with E-state index in [0.29, 0.717) is 17.2 Å². The van der Waals surface area contributed by atoms with Gasteiger partial charge in [0.15, 0.2) is 0 Å². The average molecular weight is 421 g/mol. The Kier molecular flexibility index (Phi) is 5.74. The first-order valence-electron chi connectivity index (χ1n) is 10.1. The zero-order valence-electron chi connectivity index (χ0n) is 18.8. The van der Waals surface area contributed by atoms with Crippen molar-refractivity contribution in [2.45, 2.75) is 33.2 Å². The van der Waals surface area contributed by atoms with Gasteiger partial charge in [0.25, 0.3) is 5.91 Å². The minimum atomic E-state index is -1.39. The summed E-state index contributed by atoms with van der Waals surface area (Å²) in [7, 11) is 3.61. The fourth-order valence-electron chi connectivity index (χ4n) is 4.01. The van der Waals surface area contributed by atoms with Crippen molar-refractivity contribution in [2.24, 2.45) is 4.99 Å². The van der Waals surface area contributed by atoms with Crippen molar-refractivity contribution in [3.05, 3.63) is 77.2 Å². The number of rotatable bonds is 4. The maximum atomic E-state index is 12.9. The molecule has 1 aliphatic heterocycles. The molecule has 2 aromatic rings. The molecular formula is C24H28N4O3. The first-order chi connectivity index (χ1) is 14.5. The summed E-state index contributed by atoms with van der Waals surface area (Å²) in [5.41, 5.74) is 1.38. The third kappa shape index (κ3) is 3.72. The molecule has 7 nitrogen and oxygen atoms in total. The highest BCUT2D eigenvalue weighted by Crippen LogP contribution is 2.43. The van der Waals surface area contributed by atoms with Gasteiger partial charge in [-0.05, 0) is 39.8 Å². The number of para-hydroxylation sites is 1. The van der Waals surface area contributed by atoms with Crippen molar-refractivity contribution in [1.82, 2.24) is 14.7 Å². The van der Waals surface area contributed by atoms with E-state index in [1.54, 1.807) is 31.1 Å². The lowest BCUT2D eigenvalue weighted by molar-refractivity contribution is -0.301. The van der Waals surface area contributed by atoms with Gasteiger partial charge in [0, 0.05) is 31.8 Å². The zero-order chi connectivity index (χ0) is 23.0. The van der Waals surface area contributed by atoms with E-state index in [-0.39, 0.29) is 16.0 Å². The van der Waals surface area contributed by atoms with Gasteiger partial charge in [-0.3, -0.25) is 4.79 Å². The number of hydrogen-bond acceptors (Lipinski definition) is 5. The van der Waals surface area contributed by atoms with E-state index < -0.39 is 17.4 Å². The van der Waals surface area contributed by atoms with Crippen LogP contribution in [0.4, 0.5) is 5.69 Å². The highest BCUT2D eigenvalue weighted by molar-refractivity contribution is 6.08. The summed E-state index contributed by atoms with van der Waals surface area (Å²) in [6.07, 6.45) is 0. The first kappa shape index (κ1) is 22.2. The van der Waals surface area contributed by atoms with E-state index in [9.17, 15) is 14.7 Å². The van der Waals surface area contributed by atoms with Gasteiger partial charge in [0.2, 0.25) is 11.5 Å². The van der Waals surface area contributed by atoms with Crippen molar-refractivity contribution < 1.29 is 14.7 Å². The third-order valence-corrected chi connectivity index (χ3v) is 5.36. The van der Waals surface area contributed by atoms with Crippen LogP contribution in [0.5, 0.6) is 0 Å². The number of aliphatic carboxylic acids is 1. The number of nitrogens with one attached hydrogen (secondary N) is 1. The van der Waals surface area contributed by atoms with Gasteiger partial charge in [0.1, 0.15) is 17.2 Å². The SMILES string of the molecule is Cc1ccc(C(=O)NC2=C(C(=O)[O-])[N+](c3ccccc3)(C(C)(C)C)C(N(C)C)=N2)cc1. The number of quaternary nitrogens is 1. The Bertz CT molecular complexity index is 1060. The Balaban J connectivity index is 2.25. The van der Waals surface area contributed by atoms with E-state index in [2.05, 4.69) is 10.3 Å².